The minimum atomic E-state index is 0.353. The number of halogens is 1. The standard InChI is InChI=1S/C12H23ClO/c1-11(2)14-9-8-12(10-13)6-4-3-5-7-12/h11H,3-10H2,1-2H3. The summed E-state index contributed by atoms with van der Waals surface area (Å²) in [5.74, 6) is 0.814. The number of rotatable bonds is 5. The molecule has 14 heavy (non-hydrogen) atoms. The molecule has 0 radical (unpaired) electrons. The Morgan fingerprint density at radius 2 is 1.86 bits per heavy atom. The molecule has 2 heteroatoms. The van der Waals surface area contributed by atoms with Gasteiger partial charge < -0.3 is 4.74 Å². The van der Waals surface area contributed by atoms with Crippen molar-refractivity contribution in [2.75, 3.05) is 12.5 Å². The van der Waals surface area contributed by atoms with Crippen LogP contribution in [-0.2, 0) is 4.74 Å². The van der Waals surface area contributed by atoms with Crippen LogP contribution in [0.5, 0.6) is 0 Å². The molecule has 0 bridgehead atoms. The molecule has 0 atom stereocenters. The average Bonchev–Trinajstić information content (AvgIpc) is 2.19. The summed E-state index contributed by atoms with van der Waals surface area (Å²) in [4.78, 5) is 0. The Bertz CT molecular complexity index is 150. The molecule has 0 aliphatic heterocycles. The van der Waals surface area contributed by atoms with Crippen molar-refractivity contribution in [2.24, 2.45) is 5.41 Å². The lowest BCUT2D eigenvalue weighted by molar-refractivity contribution is 0.0458. The van der Waals surface area contributed by atoms with Crippen molar-refractivity contribution in [1.29, 1.82) is 0 Å². The average molecular weight is 219 g/mol. The van der Waals surface area contributed by atoms with Crippen molar-refractivity contribution >= 4 is 11.6 Å². The summed E-state index contributed by atoms with van der Waals surface area (Å²) < 4.78 is 5.61. The molecule has 0 heterocycles. The molecule has 0 aromatic rings. The molecule has 84 valence electrons. The number of hydrogen-bond donors (Lipinski definition) is 0. The summed E-state index contributed by atoms with van der Waals surface area (Å²) in [5, 5.41) is 0. The molecule has 0 aromatic carbocycles. The van der Waals surface area contributed by atoms with Gasteiger partial charge in [-0.1, -0.05) is 19.3 Å². The van der Waals surface area contributed by atoms with E-state index in [0.29, 0.717) is 11.5 Å². The van der Waals surface area contributed by atoms with Crippen LogP contribution >= 0.6 is 11.6 Å². The Labute approximate surface area is 93.2 Å². The van der Waals surface area contributed by atoms with Crippen LogP contribution in [-0.4, -0.2) is 18.6 Å². The summed E-state index contributed by atoms with van der Waals surface area (Å²) >= 11 is 6.10. The zero-order chi connectivity index (χ0) is 10.4. The van der Waals surface area contributed by atoms with Gasteiger partial charge in [-0.15, -0.1) is 11.6 Å². The van der Waals surface area contributed by atoms with Gasteiger partial charge in [-0.05, 0) is 38.5 Å². The summed E-state index contributed by atoms with van der Waals surface area (Å²) in [6.45, 7) is 5.06. The van der Waals surface area contributed by atoms with Gasteiger partial charge in [0.05, 0.1) is 6.10 Å². The Hall–Kier alpha value is 0.250. The van der Waals surface area contributed by atoms with E-state index in [1.165, 1.54) is 32.1 Å². The topological polar surface area (TPSA) is 9.23 Å². The highest BCUT2D eigenvalue weighted by atomic mass is 35.5. The highest BCUT2D eigenvalue weighted by molar-refractivity contribution is 6.18. The Balaban J connectivity index is 2.29. The van der Waals surface area contributed by atoms with Crippen LogP contribution in [0.4, 0.5) is 0 Å². The highest BCUT2D eigenvalue weighted by Crippen LogP contribution is 2.40. The van der Waals surface area contributed by atoms with Crippen LogP contribution in [0.3, 0.4) is 0 Å². The third-order valence-electron chi connectivity index (χ3n) is 3.28. The molecule has 1 saturated carbocycles. The van der Waals surface area contributed by atoms with E-state index in [4.69, 9.17) is 16.3 Å². The van der Waals surface area contributed by atoms with Crippen LogP contribution in [0.15, 0.2) is 0 Å². The second-order valence-corrected chi connectivity index (χ2v) is 5.13. The summed E-state index contributed by atoms with van der Waals surface area (Å²) in [6, 6.07) is 0. The molecule has 1 rings (SSSR count). The van der Waals surface area contributed by atoms with E-state index < -0.39 is 0 Å². The Morgan fingerprint density at radius 3 is 2.36 bits per heavy atom. The normalized spacial score (nSPS) is 21.4. The Kier molecular flexibility index (Phi) is 5.25. The van der Waals surface area contributed by atoms with Crippen molar-refractivity contribution in [1.82, 2.24) is 0 Å². The summed E-state index contributed by atoms with van der Waals surface area (Å²) in [6.07, 6.45) is 8.21. The molecule has 1 nitrogen and oxygen atoms in total. The minimum Gasteiger partial charge on any atom is -0.379 e. The quantitative estimate of drug-likeness (QED) is 0.634. The molecule has 0 N–H and O–H groups in total. The third-order valence-corrected chi connectivity index (χ3v) is 3.85. The van der Waals surface area contributed by atoms with Gasteiger partial charge >= 0.3 is 0 Å². The Morgan fingerprint density at radius 1 is 1.21 bits per heavy atom. The molecular weight excluding hydrogens is 196 g/mol. The molecule has 0 amide bonds. The van der Waals surface area contributed by atoms with Gasteiger partial charge in [0.25, 0.3) is 0 Å². The lowest BCUT2D eigenvalue weighted by Gasteiger charge is -2.35. The van der Waals surface area contributed by atoms with Crippen molar-refractivity contribution in [3.8, 4) is 0 Å². The first kappa shape index (κ1) is 12.3. The van der Waals surface area contributed by atoms with E-state index in [9.17, 15) is 0 Å². The van der Waals surface area contributed by atoms with Crippen LogP contribution in [0.1, 0.15) is 52.4 Å². The smallest absolute Gasteiger partial charge is 0.0518 e. The zero-order valence-electron chi connectivity index (χ0n) is 9.52. The van der Waals surface area contributed by atoms with Crippen molar-refractivity contribution in [3.63, 3.8) is 0 Å². The second kappa shape index (κ2) is 5.97. The van der Waals surface area contributed by atoms with E-state index in [0.717, 1.165) is 18.9 Å². The predicted octanol–water partition coefficient (Wildman–Crippen LogP) is 3.99. The molecular formula is C12H23ClO. The van der Waals surface area contributed by atoms with Crippen LogP contribution < -0.4 is 0 Å². The molecule has 1 aliphatic rings. The maximum atomic E-state index is 6.10. The van der Waals surface area contributed by atoms with Gasteiger partial charge in [0, 0.05) is 12.5 Å². The third kappa shape index (κ3) is 3.78. The van der Waals surface area contributed by atoms with Crippen molar-refractivity contribution in [3.05, 3.63) is 0 Å². The van der Waals surface area contributed by atoms with Gasteiger partial charge in [0.15, 0.2) is 0 Å². The van der Waals surface area contributed by atoms with Gasteiger partial charge in [-0.25, -0.2) is 0 Å². The van der Waals surface area contributed by atoms with E-state index in [1.54, 1.807) is 0 Å². The monoisotopic (exact) mass is 218 g/mol. The fourth-order valence-electron chi connectivity index (χ4n) is 2.26. The van der Waals surface area contributed by atoms with Crippen LogP contribution in [0.25, 0.3) is 0 Å². The predicted molar refractivity (Wildman–Crippen MR) is 61.9 cm³/mol. The van der Waals surface area contributed by atoms with Crippen LogP contribution in [0.2, 0.25) is 0 Å². The van der Waals surface area contributed by atoms with Crippen LogP contribution in [0, 0.1) is 5.41 Å². The lowest BCUT2D eigenvalue weighted by atomic mass is 9.73. The van der Waals surface area contributed by atoms with E-state index in [-0.39, 0.29) is 0 Å². The SMILES string of the molecule is CC(C)OCCC1(CCl)CCCCC1. The fourth-order valence-corrected chi connectivity index (χ4v) is 2.66. The van der Waals surface area contributed by atoms with Gasteiger partial charge in [0.2, 0.25) is 0 Å². The van der Waals surface area contributed by atoms with Gasteiger partial charge in [0.1, 0.15) is 0 Å². The first-order valence-electron chi connectivity index (χ1n) is 5.86. The molecule has 1 aliphatic carbocycles. The lowest BCUT2D eigenvalue weighted by Crippen LogP contribution is -2.28. The van der Waals surface area contributed by atoms with Crippen molar-refractivity contribution in [2.45, 2.75) is 58.5 Å². The van der Waals surface area contributed by atoms with E-state index >= 15 is 0 Å². The molecule has 0 aromatic heterocycles. The maximum absolute atomic E-state index is 6.10. The highest BCUT2D eigenvalue weighted by Gasteiger charge is 2.30. The number of hydrogen-bond acceptors (Lipinski definition) is 1. The summed E-state index contributed by atoms with van der Waals surface area (Å²) in [5.41, 5.74) is 0.398. The molecule has 1 fully saturated rings. The largest absolute Gasteiger partial charge is 0.379 e. The minimum absolute atomic E-state index is 0.353. The first-order chi connectivity index (χ1) is 6.68. The fraction of sp³-hybridized carbons (Fsp3) is 1.00. The van der Waals surface area contributed by atoms with Gasteiger partial charge in [-0.3, -0.25) is 0 Å². The number of alkyl halides is 1. The van der Waals surface area contributed by atoms with E-state index in [1.807, 2.05) is 0 Å². The van der Waals surface area contributed by atoms with Gasteiger partial charge in [-0.2, -0.15) is 0 Å². The summed E-state index contributed by atoms with van der Waals surface area (Å²) in [7, 11) is 0. The second-order valence-electron chi connectivity index (χ2n) is 4.86. The molecule has 0 unspecified atom stereocenters. The molecule has 0 spiro atoms. The van der Waals surface area contributed by atoms with Crippen molar-refractivity contribution < 1.29 is 4.74 Å². The maximum Gasteiger partial charge on any atom is 0.0518 e. The van der Waals surface area contributed by atoms with E-state index in [2.05, 4.69) is 13.8 Å². The number of ether oxygens (including phenoxy) is 1. The molecule has 0 saturated heterocycles. The first-order valence-corrected chi connectivity index (χ1v) is 6.40. The zero-order valence-corrected chi connectivity index (χ0v) is 10.3.